The lowest BCUT2D eigenvalue weighted by atomic mass is 10.4. The largest absolute Gasteiger partial charge is 0.490 e. The molecule has 0 saturated carbocycles. The first-order valence-electron chi connectivity index (χ1n) is 7.96. The van der Waals surface area contributed by atoms with Gasteiger partial charge in [-0.1, -0.05) is 0 Å². The number of furan rings is 1. The highest BCUT2D eigenvalue weighted by Crippen LogP contribution is 2.05. The zero-order valence-electron chi connectivity index (χ0n) is 14.3. The van der Waals surface area contributed by atoms with Gasteiger partial charge in [0.2, 0.25) is 0 Å². The van der Waals surface area contributed by atoms with Gasteiger partial charge in [-0.3, -0.25) is 9.98 Å². The van der Waals surface area contributed by atoms with Crippen molar-refractivity contribution in [2.75, 3.05) is 33.4 Å². The van der Waals surface area contributed by atoms with E-state index in [1.54, 1.807) is 25.7 Å². The highest BCUT2D eigenvalue weighted by atomic mass is 127. The summed E-state index contributed by atoms with van der Waals surface area (Å²) in [4.78, 5) is 8.16. The molecule has 2 heterocycles. The molecule has 2 aromatic heterocycles. The fourth-order valence-electron chi connectivity index (χ4n) is 1.94. The van der Waals surface area contributed by atoms with Crippen molar-refractivity contribution in [2.24, 2.45) is 4.99 Å². The third-order valence-corrected chi connectivity index (χ3v) is 3.10. The van der Waals surface area contributed by atoms with Crippen LogP contribution >= 0.6 is 24.0 Å². The lowest BCUT2D eigenvalue weighted by Crippen LogP contribution is -2.39. The Balaban J connectivity index is 0.00000312. The fraction of sp³-hybridized carbons (Fsp3) is 0.412. The van der Waals surface area contributed by atoms with E-state index in [9.17, 15) is 0 Å². The summed E-state index contributed by atoms with van der Waals surface area (Å²) in [7, 11) is 1.74. The molecule has 138 valence electrons. The molecule has 0 aliphatic heterocycles. The number of guanidine groups is 1. The Morgan fingerprint density at radius 1 is 1.20 bits per heavy atom. The molecule has 2 aromatic rings. The van der Waals surface area contributed by atoms with Crippen LogP contribution in [-0.4, -0.2) is 44.3 Å². The van der Waals surface area contributed by atoms with Crippen molar-refractivity contribution >= 4 is 29.9 Å². The molecule has 8 heteroatoms. The quantitative estimate of drug-likeness (QED) is 0.246. The van der Waals surface area contributed by atoms with Crippen LogP contribution in [0.5, 0.6) is 5.75 Å². The van der Waals surface area contributed by atoms with Crippen LogP contribution in [0.4, 0.5) is 0 Å². The van der Waals surface area contributed by atoms with Crippen molar-refractivity contribution in [2.45, 2.75) is 13.0 Å². The standard InChI is InChI=1S/C17H24N4O3.HI/c1-18-17(21-9-12-24-15-5-2-7-19-13-15)20-8-4-10-22-14-16-6-3-11-23-16;/h2-3,5-7,11,13H,4,8-10,12,14H2,1H3,(H2,18,20,21);1H. The summed E-state index contributed by atoms with van der Waals surface area (Å²) in [6, 6.07) is 7.48. The van der Waals surface area contributed by atoms with Gasteiger partial charge in [-0.2, -0.15) is 0 Å². The highest BCUT2D eigenvalue weighted by molar-refractivity contribution is 14.0. The van der Waals surface area contributed by atoms with E-state index in [2.05, 4.69) is 20.6 Å². The van der Waals surface area contributed by atoms with E-state index in [1.807, 2.05) is 24.3 Å². The Bertz CT molecular complexity index is 579. The van der Waals surface area contributed by atoms with Crippen LogP contribution in [0.2, 0.25) is 0 Å². The first-order chi connectivity index (χ1) is 11.9. The molecule has 0 aromatic carbocycles. The number of hydrogen-bond acceptors (Lipinski definition) is 5. The van der Waals surface area contributed by atoms with E-state index in [0.29, 0.717) is 26.4 Å². The summed E-state index contributed by atoms with van der Waals surface area (Å²) in [6.07, 6.45) is 5.94. The van der Waals surface area contributed by atoms with Crippen LogP contribution in [0.25, 0.3) is 0 Å². The van der Waals surface area contributed by atoms with Crippen molar-refractivity contribution in [1.82, 2.24) is 15.6 Å². The molecule has 2 N–H and O–H groups in total. The van der Waals surface area contributed by atoms with Gasteiger partial charge in [0.25, 0.3) is 0 Å². The topological polar surface area (TPSA) is 80.9 Å². The van der Waals surface area contributed by atoms with Gasteiger partial charge in [0.1, 0.15) is 24.7 Å². The number of nitrogens with one attached hydrogen (secondary N) is 2. The highest BCUT2D eigenvalue weighted by Gasteiger charge is 1.99. The van der Waals surface area contributed by atoms with Gasteiger partial charge in [0.05, 0.1) is 19.0 Å². The number of hydrogen-bond donors (Lipinski definition) is 2. The molecule has 0 aliphatic carbocycles. The van der Waals surface area contributed by atoms with E-state index in [4.69, 9.17) is 13.9 Å². The van der Waals surface area contributed by atoms with Crippen LogP contribution in [0.1, 0.15) is 12.2 Å². The average molecular weight is 460 g/mol. The second-order valence-corrected chi connectivity index (χ2v) is 4.95. The monoisotopic (exact) mass is 460 g/mol. The Hall–Kier alpha value is -1.81. The maximum absolute atomic E-state index is 5.56. The maximum Gasteiger partial charge on any atom is 0.191 e. The summed E-state index contributed by atoms with van der Waals surface area (Å²) in [5.41, 5.74) is 0. The number of pyridine rings is 1. The lowest BCUT2D eigenvalue weighted by molar-refractivity contribution is 0.105. The predicted octanol–water partition coefficient (Wildman–Crippen LogP) is 2.44. The van der Waals surface area contributed by atoms with Gasteiger partial charge in [-0.25, -0.2) is 0 Å². The van der Waals surface area contributed by atoms with Crippen molar-refractivity contribution < 1.29 is 13.9 Å². The molecular formula is C17H25IN4O3. The molecule has 0 aliphatic rings. The number of rotatable bonds is 10. The summed E-state index contributed by atoms with van der Waals surface area (Å²) >= 11 is 0. The smallest absolute Gasteiger partial charge is 0.191 e. The minimum atomic E-state index is 0. The van der Waals surface area contributed by atoms with E-state index < -0.39 is 0 Å². The molecule has 0 bridgehead atoms. The summed E-state index contributed by atoms with van der Waals surface area (Å²) in [6.45, 7) is 3.14. The summed E-state index contributed by atoms with van der Waals surface area (Å²) < 4.78 is 16.3. The molecular weight excluding hydrogens is 435 g/mol. The Morgan fingerprint density at radius 3 is 2.80 bits per heavy atom. The molecule has 25 heavy (non-hydrogen) atoms. The van der Waals surface area contributed by atoms with E-state index in [-0.39, 0.29) is 24.0 Å². The molecule has 0 atom stereocenters. The van der Waals surface area contributed by atoms with Gasteiger partial charge < -0.3 is 24.5 Å². The van der Waals surface area contributed by atoms with Crippen molar-refractivity contribution in [3.63, 3.8) is 0 Å². The number of ether oxygens (including phenoxy) is 2. The molecule has 0 saturated heterocycles. The first-order valence-corrected chi connectivity index (χ1v) is 7.96. The zero-order chi connectivity index (χ0) is 16.9. The van der Waals surface area contributed by atoms with E-state index in [0.717, 1.165) is 30.4 Å². The van der Waals surface area contributed by atoms with Gasteiger partial charge in [0, 0.05) is 26.4 Å². The third kappa shape index (κ3) is 9.30. The SMILES string of the molecule is CN=C(NCCCOCc1ccco1)NCCOc1cccnc1.I. The van der Waals surface area contributed by atoms with Gasteiger partial charge in [-0.05, 0) is 30.7 Å². The average Bonchev–Trinajstić information content (AvgIpc) is 3.14. The molecule has 7 nitrogen and oxygen atoms in total. The van der Waals surface area contributed by atoms with Crippen molar-refractivity contribution in [3.05, 3.63) is 48.7 Å². The number of halogens is 1. The van der Waals surface area contributed by atoms with Gasteiger partial charge in [-0.15, -0.1) is 24.0 Å². The van der Waals surface area contributed by atoms with E-state index in [1.165, 1.54) is 0 Å². The molecule has 0 radical (unpaired) electrons. The van der Waals surface area contributed by atoms with Crippen LogP contribution in [-0.2, 0) is 11.3 Å². The Labute approximate surface area is 165 Å². The van der Waals surface area contributed by atoms with Crippen LogP contribution in [0.3, 0.4) is 0 Å². The summed E-state index contributed by atoms with van der Waals surface area (Å²) in [5.74, 6) is 2.35. The molecule has 0 fully saturated rings. The van der Waals surface area contributed by atoms with Crippen molar-refractivity contribution in [3.8, 4) is 5.75 Å². The molecule has 0 spiro atoms. The molecule has 2 rings (SSSR count). The third-order valence-electron chi connectivity index (χ3n) is 3.10. The van der Waals surface area contributed by atoms with Crippen molar-refractivity contribution in [1.29, 1.82) is 0 Å². The Kier molecular flexibility index (Phi) is 11.4. The van der Waals surface area contributed by atoms with Crippen LogP contribution in [0, 0.1) is 0 Å². The van der Waals surface area contributed by atoms with E-state index >= 15 is 0 Å². The fourth-order valence-corrected chi connectivity index (χ4v) is 1.94. The van der Waals surface area contributed by atoms with Gasteiger partial charge >= 0.3 is 0 Å². The minimum Gasteiger partial charge on any atom is -0.490 e. The second-order valence-electron chi connectivity index (χ2n) is 4.95. The molecule has 0 unspecified atom stereocenters. The number of nitrogens with zero attached hydrogens (tertiary/aromatic N) is 2. The summed E-state index contributed by atoms with van der Waals surface area (Å²) in [5, 5.41) is 6.42. The predicted molar refractivity (Wildman–Crippen MR) is 107 cm³/mol. The molecule has 0 amide bonds. The normalized spacial score (nSPS) is 10.8. The lowest BCUT2D eigenvalue weighted by Gasteiger charge is -2.12. The minimum absolute atomic E-state index is 0. The zero-order valence-corrected chi connectivity index (χ0v) is 16.6. The number of aliphatic imine (C=N–C) groups is 1. The Morgan fingerprint density at radius 2 is 2.08 bits per heavy atom. The first kappa shape index (κ1) is 21.2. The maximum atomic E-state index is 5.56. The second kappa shape index (κ2) is 13.5. The van der Waals surface area contributed by atoms with Gasteiger partial charge in [0.15, 0.2) is 5.96 Å². The number of aromatic nitrogens is 1. The van der Waals surface area contributed by atoms with Crippen LogP contribution in [0.15, 0.2) is 52.3 Å². The van der Waals surface area contributed by atoms with Crippen LogP contribution < -0.4 is 15.4 Å².